The van der Waals surface area contributed by atoms with Crippen LogP contribution in [0.4, 0.5) is 5.69 Å². The number of hydrogen-bond acceptors (Lipinski definition) is 3. The van der Waals surface area contributed by atoms with Gasteiger partial charge < -0.3 is 5.32 Å². The number of hydrazine groups is 1. The third-order valence-electron chi connectivity index (χ3n) is 3.98. The molecule has 1 fully saturated rings. The Bertz CT molecular complexity index is 694. The molecule has 4 nitrogen and oxygen atoms in total. The van der Waals surface area contributed by atoms with Crippen molar-refractivity contribution in [2.24, 2.45) is 0 Å². The van der Waals surface area contributed by atoms with Crippen LogP contribution in [0.25, 0.3) is 0 Å². The van der Waals surface area contributed by atoms with Crippen molar-refractivity contribution < 1.29 is 4.79 Å². The van der Waals surface area contributed by atoms with Gasteiger partial charge in [-0.15, -0.1) is 0 Å². The van der Waals surface area contributed by atoms with Gasteiger partial charge in [-0.05, 0) is 61.2 Å². The van der Waals surface area contributed by atoms with Crippen molar-refractivity contribution in [3.8, 4) is 0 Å². The first-order valence-electron chi connectivity index (χ1n) is 7.67. The Morgan fingerprint density at radius 2 is 1.74 bits per heavy atom. The van der Waals surface area contributed by atoms with E-state index < -0.39 is 0 Å². The number of nitrogens with one attached hydrogen (secondary N) is 3. The Hall–Kier alpha value is -1.69. The summed E-state index contributed by atoms with van der Waals surface area (Å²) in [5.41, 5.74) is 10.6. The largest absolute Gasteiger partial charge is 0.325 e. The van der Waals surface area contributed by atoms with Gasteiger partial charge in [0.15, 0.2) is 0 Å². The Morgan fingerprint density at radius 1 is 1.09 bits per heavy atom. The number of aryl methyl sites for hydroxylation is 2. The summed E-state index contributed by atoms with van der Waals surface area (Å²) in [5.74, 6) is -0.0119. The number of halogens is 1. The fraction of sp³-hybridized carbons (Fsp3) is 0.278. The Labute approximate surface area is 144 Å². The minimum absolute atomic E-state index is 0.0119. The highest BCUT2D eigenvalue weighted by Gasteiger charge is 2.30. The van der Waals surface area contributed by atoms with Crippen molar-refractivity contribution in [1.29, 1.82) is 0 Å². The topological polar surface area (TPSA) is 53.2 Å². The molecule has 0 aliphatic carbocycles. The minimum atomic E-state index is -0.246. The average molecular weight is 374 g/mol. The molecule has 1 heterocycles. The van der Waals surface area contributed by atoms with Crippen LogP contribution in [0.5, 0.6) is 0 Å². The molecule has 1 saturated heterocycles. The van der Waals surface area contributed by atoms with E-state index in [1.807, 2.05) is 38.1 Å². The predicted octanol–water partition coefficient (Wildman–Crippen LogP) is 3.61. The van der Waals surface area contributed by atoms with Crippen LogP contribution in [0.2, 0.25) is 0 Å². The lowest BCUT2D eigenvalue weighted by molar-refractivity contribution is -0.117. The maximum Gasteiger partial charge on any atom is 0.242 e. The average Bonchev–Trinajstić information content (AvgIpc) is 2.97. The first kappa shape index (κ1) is 16.2. The van der Waals surface area contributed by atoms with Crippen LogP contribution >= 0.6 is 15.9 Å². The highest BCUT2D eigenvalue weighted by Crippen LogP contribution is 2.24. The zero-order valence-electron chi connectivity index (χ0n) is 13.2. The standard InChI is InChI=1S/C18H20BrN3O/c1-11-7-12(2)9-15(8-11)20-18(23)17-10-16(21-22-17)13-3-5-14(19)6-4-13/h3-9,16-17,21-22H,10H2,1-2H3,(H,20,23). The molecule has 23 heavy (non-hydrogen) atoms. The number of hydrogen-bond donors (Lipinski definition) is 3. The molecule has 0 radical (unpaired) electrons. The number of amides is 1. The number of rotatable bonds is 3. The van der Waals surface area contributed by atoms with Gasteiger partial charge in [-0.2, -0.15) is 0 Å². The molecule has 2 aromatic rings. The Morgan fingerprint density at radius 3 is 2.39 bits per heavy atom. The van der Waals surface area contributed by atoms with E-state index in [1.54, 1.807) is 0 Å². The van der Waals surface area contributed by atoms with E-state index in [0.717, 1.165) is 27.7 Å². The third-order valence-corrected chi connectivity index (χ3v) is 4.51. The minimum Gasteiger partial charge on any atom is -0.325 e. The molecular formula is C18H20BrN3O. The summed E-state index contributed by atoms with van der Waals surface area (Å²) in [6, 6.07) is 14.1. The van der Waals surface area contributed by atoms with Crippen LogP contribution in [0.15, 0.2) is 46.9 Å². The van der Waals surface area contributed by atoms with Crippen LogP contribution in [0.1, 0.15) is 29.2 Å². The first-order chi connectivity index (χ1) is 11.0. The lowest BCUT2D eigenvalue weighted by Gasteiger charge is -2.12. The van der Waals surface area contributed by atoms with E-state index in [0.29, 0.717) is 0 Å². The summed E-state index contributed by atoms with van der Waals surface area (Å²) in [6.07, 6.45) is 0.720. The van der Waals surface area contributed by atoms with Crippen LogP contribution in [-0.2, 0) is 4.79 Å². The van der Waals surface area contributed by atoms with Crippen molar-refractivity contribution in [3.63, 3.8) is 0 Å². The lowest BCUT2D eigenvalue weighted by Crippen LogP contribution is -2.39. The van der Waals surface area contributed by atoms with Gasteiger partial charge in [0.25, 0.3) is 0 Å². The fourth-order valence-electron chi connectivity index (χ4n) is 2.92. The van der Waals surface area contributed by atoms with Gasteiger partial charge in [-0.3, -0.25) is 4.79 Å². The number of carbonyl (C=O) groups excluding carboxylic acids is 1. The molecule has 2 unspecified atom stereocenters. The fourth-order valence-corrected chi connectivity index (χ4v) is 3.18. The normalized spacial score (nSPS) is 20.5. The molecule has 5 heteroatoms. The molecule has 1 aliphatic heterocycles. The van der Waals surface area contributed by atoms with Crippen molar-refractivity contribution in [2.45, 2.75) is 32.4 Å². The van der Waals surface area contributed by atoms with Gasteiger partial charge in [-0.1, -0.05) is 34.1 Å². The Kier molecular flexibility index (Phi) is 4.80. The van der Waals surface area contributed by atoms with E-state index in [4.69, 9.17) is 0 Å². The summed E-state index contributed by atoms with van der Waals surface area (Å²) >= 11 is 3.44. The predicted molar refractivity (Wildman–Crippen MR) is 96.1 cm³/mol. The maximum absolute atomic E-state index is 12.4. The second-order valence-electron chi connectivity index (χ2n) is 6.05. The van der Waals surface area contributed by atoms with E-state index in [9.17, 15) is 4.79 Å². The molecule has 3 rings (SSSR count). The van der Waals surface area contributed by atoms with Crippen LogP contribution in [-0.4, -0.2) is 11.9 Å². The van der Waals surface area contributed by atoms with E-state index in [-0.39, 0.29) is 18.0 Å². The second kappa shape index (κ2) is 6.83. The van der Waals surface area contributed by atoms with Gasteiger partial charge in [0.2, 0.25) is 5.91 Å². The van der Waals surface area contributed by atoms with Gasteiger partial charge in [0, 0.05) is 16.2 Å². The summed E-state index contributed by atoms with van der Waals surface area (Å²) < 4.78 is 1.05. The summed E-state index contributed by atoms with van der Waals surface area (Å²) in [5, 5.41) is 3.00. The molecule has 1 amide bonds. The monoisotopic (exact) mass is 373 g/mol. The zero-order chi connectivity index (χ0) is 16.4. The molecule has 2 atom stereocenters. The highest BCUT2D eigenvalue weighted by atomic mass is 79.9. The van der Waals surface area contributed by atoms with Crippen molar-refractivity contribution >= 4 is 27.5 Å². The SMILES string of the molecule is Cc1cc(C)cc(NC(=O)C2CC(c3ccc(Br)cc3)NN2)c1. The summed E-state index contributed by atoms with van der Waals surface area (Å²) in [6.45, 7) is 4.06. The molecule has 0 saturated carbocycles. The van der Waals surface area contributed by atoms with Crippen LogP contribution in [0, 0.1) is 13.8 Å². The van der Waals surface area contributed by atoms with Crippen molar-refractivity contribution in [1.82, 2.24) is 10.9 Å². The van der Waals surface area contributed by atoms with Crippen molar-refractivity contribution in [3.05, 3.63) is 63.6 Å². The van der Waals surface area contributed by atoms with Gasteiger partial charge in [0.1, 0.15) is 6.04 Å². The Balaban J connectivity index is 1.64. The number of benzene rings is 2. The van der Waals surface area contributed by atoms with E-state index in [2.05, 4.69) is 50.3 Å². The number of anilines is 1. The molecule has 0 spiro atoms. The molecular weight excluding hydrogens is 354 g/mol. The molecule has 0 bridgehead atoms. The zero-order valence-corrected chi connectivity index (χ0v) is 14.8. The van der Waals surface area contributed by atoms with Gasteiger partial charge in [0.05, 0.1) is 0 Å². The first-order valence-corrected chi connectivity index (χ1v) is 8.46. The van der Waals surface area contributed by atoms with E-state index >= 15 is 0 Å². The quantitative estimate of drug-likeness (QED) is 0.769. The van der Waals surface area contributed by atoms with Crippen LogP contribution < -0.4 is 16.2 Å². The number of carbonyl (C=O) groups is 1. The lowest BCUT2D eigenvalue weighted by atomic mass is 10.0. The van der Waals surface area contributed by atoms with Gasteiger partial charge in [-0.25, -0.2) is 10.9 Å². The molecule has 0 aromatic heterocycles. The molecule has 2 aromatic carbocycles. The molecule has 3 N–H and O–H groups in total. The summed E-state index contributed by atoms with van der Waals surface area (Å²) in [4.78, 5) is 12.4. The van der Waals surface area contributed by atoms with Gasteiger partial charge >= 0.3 is 0 Å². The van der Waals surface area contributed by atoms with E-state index in [1.165, 1.54) is 5.56 Å². The van der Waals surface area contributed by atoms with Crippen LogP contribution in [0.3, 0.4) is 0 Å². The third kappa shape index (κ3) is 3.99. The molecule has 120 valence electrons. The smallest absolute Gasteiger partial charge is 0.242 e. The molecule has 1 aliphatic rings. The van der Waals surface area contributed by atoms with Crippen molar-refractivity contribution in [2.75, 3.05) is 5.32 Å². The second-order valence-corrected chi connectivity index (χ2v) is 6.96. The summed E-state index contributed by atoms with van der Waals surface area (Å²) in [7, 11) is 0. The maximum atomic E-state index is 12.4. The highest BCUT2D eigenvalue weighted by molar-refractivity contribution is 9.10.